The van der Waals surface area contributed by atoms with Crippen molar-refractivity contribution in [3.8, 4) is 39.1 Å². The SMILES string of the molecule is C1=CC2=C(CC1)c1cc3oc4ccc(-c5ccc6c(c5)c5ccccc5n6-c5cccc(-c6cccc(-c7ccccc7)c6)c5)cc4c3c3cccc2c13. The summed E-state index contributed by atoms with van der Waals surface area (Å²) in [5.74, 6) is 0. The summed E-state index contributed by atoms with van der Waals surface area (Å²) >= 11 is 0. The number of allylic oxidation sites excluding steroid dienone is 4. The maximum absolute atomic E-state index is 6.60. The first-order valence-electron chi connectivity index (χ1n) is 18.9. The highest BCUT2D eigenvalue weighted by atomic mass is 16.3. The van der Waals surface area contributed by atoms with Crippen LogP contribution in [0.2, 0.25) is 0 Å². The zero-order valence-electron chi connectivity index (χ0n) is 29.5. The molecule has 54 heavy (non-hydrogen) atoms. The van der Waals surface area contributed by atoms with Gasteiger partial charge in [0.25, 0.3) is 0 Å². The number of nitrogens with zero attached hydrogens (tertiary/aromatic N) is 1. The monoisotopic (exact) mass is 687 g/mol. The van der Waals surface area contributed by atoms with Gasteiger partial charge in [-0.05, 0) is 134 Å². The molecule has 0 saturated carbocycles. The number of para-hydroxylation sites is 1. The van der Waals surface area contributed by atoms with E-state index in [0.717, 1.165) is 29.7 Å². The van der Waals surface area contributed by atoms with Crippen molar-refractivity contribution in [3.05, 3.63) is 187 Å². The van der Waals surface area contributed by atoms with E-state index in [1.165, 1.54) is 99.0 Å². The van der Waals surface area contributed by atoms with Gasteiger partial charge in [0.15, 0.2) is 0 Å². The lowest BCUT2D eigenvalue weighted by Crippen LogP contribution is -1.94. The molecule has 0 atom stereocenters. The van der Waals surface area contributed by atoms with E-state index in [4.69, 9.17) is 4.42 Å². The number of hydrogen-bond acceptors (Lipinski definition) is 1. The summed E-state index contributed by atoms with van der Waals surface area (Å²) in [7, 11) is 0. The molecule has 10 aromatic rings. The molecule has 0 N–H and O–H groups in total. The summed E-state index contributed by atoms with van der Waals surface area (Å²) < 4.78 is 9.02. The number of aromatic nitrogens is 1. The number of hydrogen-bond donors (Lipinski definition) is 0. The van der Waals surface area contributed by atoms with Gasteiger partial charge in [-0.3, -0.25) is 0 Å². The van der Waals surface area contributed by atoms with Gasteiger partial charge in [-0.1, -0.05) is 121 Å². The smallest absolute Gasteiger partial charge is 0.136 e. The van der Waals surface area contributed by atoms with Crippen molar-refractivity contribution >= 4 is 65.7 Å². The molecular weight excluding hydrogens is 655 g/mol. The predicted octanol–water partition coefficient (Wildman–Crippen LogP) is 14.4. The Morgan fingerprint density at radius 3 is 2.02 bits per heavy atom. The van der Waals surface area contributed by atoms with E-state index < -0.39 is 0 Å². The van der Waals surface area contributed by atoms with E-state index in [2.05, 4.69) is 181 Å². The summed E-state index contributed by atoms with van der Waals surface area (Å²) in [5.41, 5.74) is 18.2. The lowest BCUT2D eigenvalue weighted by atomic mass is 9.94. The molecule has 0 radical (unpaired) electrons. The summed E-state index contributed by atoms with van der Waals surface area (Å²) in [6.07, 6.45) is 6.81. The Kier molecular flexibility index (Phi) is 6.20. The first-order chi connectivity index (χ1) is 26.8. The third kappa shape index (κ3) is 4.28. The molecule has 0 amide bonds. The highest BCUT2D eigenvalue weighted by Gasteiger charge is 2.27. The number of fused-ring (bicyclic) bond motifs is 9. The standard InChI is InChI=1S/C52H33NO/c1-2-11-32(12-3-1)33-13-8-14-34(27-33)35-15-9-16-38(28-35)53-47-22-7-6-19-41(47)44-29-36(23-25-48(44)53)37-24-26-49-46(30-37)52-43-21-10-20-42-39-17-4-5-18-40(39)45(51(42)43)31-50(52)54-49/h1-4,6-17,19-31H,5,18H2. The highest BCUT2D eigenvalue weighted by Crippen LogP contribution is 2.50. The van der Waals surface area contributed by atoms with Crippen molar-refractivity contribution in [1.82, 2.24) is 4.57 Å². The van der Waals surface area contributed by atoms with Gasteiger partial charge in [-0.2, -0.15) is 0 Å². The number of rotatable bonds is 4. The van der Waals surface area contributed by atoms with E-state index in [-0.39, 0.29) is 0 Å². The molecule has 0 bridgehead atoms. The van der Waals surface area contributed by atoms with Crippen LogP contribution in [0.4, 0.5) is 0 Å². The minimum absolute atomic E-state index is 0.933. The Labute approximate surface area is 312 Å². The number of benzene rings is 8. The lowest BCUT2D eigenvalue weighted by Gasteiger charge is -2.12. The van der Waals surface area contributed by atoms with Crippen molar-refractivity contribution in [1.29, 1.82) is 0 Å². The maximum Gasteiger partial charge on any atom is 0.136 e. The quantitative estimate of drug-likeness (QED) is 0.180. The fourth-order valence-corrected chi connectivity index (χ4v) is 9.35. The third-order valence-corrected chi connectivity index (χ3v) is 11.8. The van der Waals surface area contributed by atoms with Crippen molar-refractivity contribution in [2.24, 2.45) is 0 Å². The summed E-state index contributed by atoms with van der Waals surface area (Å²) in [5, 5.41) is 7.52. The average molecular weight is 688 g/mol. The average Bonchev–Trinajstić information content (AvgIpc) is 3.89. The van der Waals surface area contributed by atoms with Crippen molar-refractivity contribution < 1.29 is 4.42 Å². The molecular formula is C52H33NO. The lowest BCUT2D eigenvalue weighted by molar-refractivity contribution is 0.669. The second-order valence-corrected chi connectivity index (χ2v) is 14.8. The minimum atomic E-state index is 0.933. The molecule has 2 aliphatic rings. The van der Waals surface area contributed by atoms with Crippen LogP contribution in [0.5, 0.6) is 0 Å². The normalized spacial score (nSPS) is 13.6. The Hall–Kier alpha value is -6.90. The molecule has 2 heterocycles. The second-order valence-electron chi connectivity index (χ2n) is 14.8. The summed E-state index contributed by atoms with van der Waals surface area (Å²) in [6, 6.07) is 59.9. The number of furan rings is 1. The van der Waals surface area contributed by atoms with Gasteiger partial charge in [-0.15, -0.1) is 0 Å². The van der Waals surface area contributed by atoms with Crippen molar-refractivity contribution in [2.45, 2.75) is 12.8 Å². The molecule has 12 rings (SSSR count). The van der Waals surface area contributed by atoms with Gasteiger partial charge in [-0.25, -0.2) is 0 Å². The van der Waals surface area contributed by atoms with Crippen LogP contribution in [0.1, 0.15) is 24.0 Å². The van der Waals surface area contributed by atoms with E-state index >= 15 is 0 Å². The van der Waals surface area contributed by atoms with E-state index in [9.17, 15) is 0 Å². The van der Waals surface area contributed by atoms with E-state index in [1.54, 1.807) is 0 Å². The molecule has 0 fully saturated rings. The van der Waals surface area contributed by atoms with Crippen molar-refractivity contribution in [3.63, 3.8) is 0 Å². The minimum Gasteiger partial charge on any atom is -0.456 e. The van der Waals surface area contributed by atoms with Crippen LogP contribution in [0.15, 0.2) is 180 Å². The largest absolute Gasteiger partial charge is 0.456 e. The Bertz CT molecular complexity index is 3260. The van der Waals surface area contributed by atoms with E-state index in [1.807, 2.05) is 0 Å². The Morgan fingerprint density at radius 1 is 0.426 bits per heavy atom. The van der Waals surface area contributed by atoms with Crippen LogP contribution < -0.4 is 0 Å². The van der Waals surface area contributed by atoms with Crippen LogP contribution in [-0.4, -0.2) is 4.57 Å². The molecule has 252 valence electrons. The third-order valence-electron chi connectivity index (χ3n) is 11.8. The van der Waals surface area contributed by atoms with E-state index in [0.29, 0.717) is 0 Å². The van der Waals surface area contributed by atoms with Gasteiger partial charge < -0.3 is 8.98 Å². The topological polar surface area (TPSA) is 18.1 Å². The van der Waals surface area contributed by atoms with Crippen LogP contribution in [0, 0.1) is 0 Å². The highest BCUT2D eigenvalue weighted by molar-refractivity contribution is 6.27. The second kappa shape index (κ2) is 11.3. The Balaban J connectivity index is 0.992. The molecule has 2 aliphatic carbocycles. The molecule has 2 aromatic heterocycles. The van der Waals surface area contributed by atoms with Crippen LogP contribution in [0.3, 0.4) is 0 Å². The molecule has 2 heteroatoms. The molecule has 8 aromatic carbocycles. The molecule has 0 saturated heterocycles. The zero-order valence-corrected chi connectivity index (χ0v) is 29.5. The summed E-state index contributed by atoms with van der Waals surface area (Å²) in [4.78, 5) is 0. The zero-order chi connectivity index (χ0) is 35.3. The van der Waals surface area contributed by atoms with Crippen LogP contribution in [-0.2, 0) is 0 Å². The van der Waals surface area contributed by atoms with Crippen LogP contribution in [0.25, 0.3) is 105 Å². The fraction of sp³-hybridized carbons (Fsp3) is 0.0385. The molecule has 0 aliphatic heterocycles. The van der Waals surface area contributed by atoms with Gasteiger partial charge in [0.05, 0.1) is 11.0 Å². The maximum atomic E-state index is 6.60. The molecule has 0 unspecified atom stereocenters. The predicted molar refractivity (Wildman–Crippen MR) is 227 cm³/mol. The van der Waals surface area contributed by atoms with Gasteiger partial charge in [0.1, 0.15) is 11.2 Å². The summed E-state index contributed by atoms with van der Waals surface area (Å²) in [6.45, 7) is 0. The molecule has 0 spiro atoms. The van der Waals surface area contributed by atoms with Gasteiger partial charge >= 0.3 is 0 Å². The van der Waals surface area contributed by atoms with Crippen molar-refractivity contribution in [2.75, 3.05) is 0 Å². The van der Waals surface area contributed by atoms with Gasteiger partial charge in [0.2, 0.25) is 0 Å². The first kappa shape index (κ1) is 29.7. The van der Waals surface area contributed by atoms with Gasteiger partial charge in [0, 0.05) is 27.2 Å². The molecule has 2 nitrogen and oxygen atoms in total. The Morgan fingerprint density at radius 2 is 1.11 bits per heavy atom. The fourth-order valence-electron chi connectivity index (χ4n) is 9.35. The first-order valence-corrected chi connectivity index (χ1v) is 18.9. The van der Waals surface area contributed by atoms with Crippen LogP contribution >= 0.6 is 0 Å².